The molecule has 0 aliphatic rings. The number of nitrogens with one attached hydrogen (secondary N) is 1. The molecule has 0 aliphatic carbocycles. The molecule has 0 saturated carbocycles. The molecule has 0 unspecified atom stereocenters. The maximum Gasteiger partial charge on any atom is 0.123 e. The van der Waals surface area contributed by atoms with Crippen LogP contribution in [-0.2, 0) is 6.42 Å². The third kappa shape index (κ3) is 4.43. The molecular weight excluding hydrogens is 189 g/mol. The summed E-state index contributed by atoms with van der Waals surface area (Å²) in [6.45, 7) is 7.55. The van der Waals surface area contributed by atoms with E-state index in [1.54, 1.807) is 0 Å². The predicted octanol–water partition coefficient (Wildman–Crippen LogP) is 3.00. The normalized spacial score (nSPS) is 13.1. The molecule has 0 radical (unpaired) electrons. The van der Waals surface area contributed by atoms with Crippen molar-refractivity contribution in [3.05, 3.63) is 35.6 Å². The summed E-state index contributed by atoms with van der Waals surface area (Å²) in [4.78, 5) is 0. The minimum Gasteiger partial charge on any atom is -0.314 e. The highest BCUT2D eigenvalue weighted by molar-refractivity contribution is 5.16. The van der Waals surface area contributed by atoms with Crippen LogP contribution in [0.2, 0.25) is 0 Å². The smallest absolute Gasteiger partial charge is 0.123 e. The van der Waals surface area contributed by atoms with E-state index in [4.69, 9.17) is 0 Å². The summed E-state index contributed by atoms with van der Waals surface area (Å²) >= 11 is 0. The van der Waals surface area contributed by atoms with Crippen LogP contribution in [0.3, 0.4) is 0 Å². The van der Waals surface area contributed by atoms with Crippen molar-refractivity contribution >= 4 is 0 Å². The van der Waals surface area contributed by atoms with Crippen LogP contribution in [0.1, 0.15) is 26.3 Å². The lowest BCUT2D eigenvalue weighted by Gasteiger charge is -2.17. The highest BCUT2D eigenvalue weighted by Crippen LogP contribution is 2.04. The first-order valence-corrected chi connectivity index (χ1v) is 5.57. The van der Waals surface area contributed by atoms with Gasteiger partial charge in [-0.2, -0.15) is 0 Å². The standard InChI is InChI=1S/C13H20FN/c1-10(2)11(3)15-9-8-12-4-6-13(14)7-5-12/h4-7,10-11,15H,8-9H2,1-3H3/t11-/m1/s1. The fourth-order valence-electron chi connectivity index (χ4n) is 1.33. The number of hydrogen-bond donors (Lipinski definition) is 1. The fraction of sp³-hybridized carbons (Fsp3) is 0.538. The quantitative estimate of drug-likeness (QED) is 0.786. The van der Waals surface area contributed by atoms with Crippen LogP contribution >= 0.6 is 0 Å². The molecule has 0 fully saturated rings. The van der Waals surface area contributed by atoms with Crippen molar-refractivity contribution in [3.63, 3.8) is 0 Å². The minimum atomic E-state index is -0.165. The summed E-state index contributed by atoms with van der Waals surface area (Å²) in [5.41, 5.74) is 1.18. The molecule has 1 nitrogen and oxygen atoms in total. The van der Waals surface area contributed by atoms with E-state index >= 15 is 0 Å². The first-order chi connectivity index (χ1) is 7.09. The fourth-order valence-corrected chi connectivity index (χ4v) is 1.33. The maximum atomic E-state index is 12.6. The van der Waals surface area contributed by atoms with Gasteiger partial charge in [0.15, 0.2) is 0 Å². The molecule has 1 rings (SSSR count). The first-order valence-electron chi connectivity index (χ1n) is 5.57. The number of halogens is 1. The Kier molecular flexibility index (Phi) is 4.76. The van der Waals surface area contributed by atoms with Crippen LogP contribution in [0.5, 0.6) is 0 Å². The van der Waals surface area contributed by atoms with Crippen molar-refractivity contribution in [2.75, 3.05) is 6.54 Å². The van der Waals surface area contributed by atoms with E-state index in [9.17, 15) is 4.39 Å². The molecule has 0 amide bonds. The molecule has 84 valence electrons. The Labute approximate surface area is 91.7 Å². The summed E-state index contributed by atoms with van der Waals surface area (Å²) in [5, 5.41) is 3.45. The van der Waals surface area contributed by atoms with Crippen molar-refractivity contribution in [1.29, 1.82) is 0 Å². The Balaban J connectivity index is 2.29. The average molecular weight is 209 g/mol. The van der Waals surface area contributed by atoms with Gasteiger partial charge in [0, 0.05) is 6.04 Å². The molecule has 2 heteroatoms. The zero-order chi connectivity index (χ0) is 11.3. The Hall–Kier alpha value is -0.890. The average Bonchev–Trinajstić information content (AvgIpc) is 2.20. The van der Waals surface area contributed by atoms with E-state index in [0.29, 0.717) is 12.0 Å². The lowest BCUT2D eigenvalue weighted by molar-refractivity contribution is 0.430. The van der Waals surface area contributed by atoms with Crippen LogP contribution in [0, 0.1) is 11.7 Å². The van der Waals surface area contributed by atoms with Gasteiger partial charge in [-0.25, -0.2) is 4.39 Å². The van der Waals surface area contributed by atoms with Crippen LogP contribution in [-0.4, -0.2) is 12.6 Å². The molecule has 1 N–H and O–H groups in total. The minimum absolute atomic E-state index is 0.165. The molecule has 0 saturated heterocycles. The van der Waals surface area contributed by atoms with Crippen LogP contribution in [0.15, 0.2) is 24.3 Å². The molecule has 0 aliphatic heterocycles. The summed E-state index contributed by atoms with van der Waals surface area (Å²) in [6.07, 6.45) is 0.956. The number of rotatable bonds is 5. The van der Waals surface area contributed by atoms with Gasteiger partial charge in [0.05, 0.1) is 0 Å². The Morgan fingerprint density at radius 1 is 1.13 bits per heavy atom. The summed E-state index contributed by atoms with van der Waals surface area (Å²) in [5.74, 6) is 0.487. The summed E-state index contributed by atoms with van der Waals surface area (Å²) in [7, 11) is 0. The summed E-state index contributed by atoms with van der Waals surface area (Å²) < 4.78 is 12.6. The highest BCUT2D eigenvalue weighted by atomic mass is 19.1. The van der Waals surface area contributed by atoms with Gasteiger partial charge in [0.25, 0.3) is 0 Å². The first kappa shape index (κ1) is 12.2. The van der Waals surface area contributed by atoms with Crippen LogP contribution in [0.25, 0.3) is 0 Å². The van der Waals surface area contributed by atoms with E-state index in [1.807, 2.05) is 12.1 Å². The second-order valence-electron chi connectivity index (χ2n) is 4.36. The number of benzene rings is 1. The van der Waals surface area contributed by atoms with E-state index in [2.05, 4.69) is 26.1 Å². The topological polar surface area (TPSA) is 12.0 Å². The van der Waals surface area contributed by atoms with Crippen molar-refractivity contribution in [2.24, 2.45) is 5.92 Å². The molecule has 0 spiro atoms. The zero-order valence-corrected chi connectivity index (χ0v) is 9.76. The lowest BCUT2D eigenvalue weighted by atomic mass is 10.1. The van der Waals surface area contributed by atoms with Gasteiger partial charge >= 0.3 is 0 Å². The lowest BCUT2D eigenvalue weighted by Crippen LogP contribution is -2.32. The highest BCUT2D eigenvalue weighted by Gasteiger charge is 2.04. The van der Waals surface area contributed by atoms with Gasteiger partial charge in [0.2, 0.25) is 0 Å². The molecule has 1 aromatic carbocycles. The van der Waals surface area contributed by atoms with Crippen molar-refractivity contribution in [3.8, 4) is 0 Å². The second kappa shape index (κ2) is 5.86. The molecule has 0 heterocycles. The monoisotopic (exact) mass is 209 g/mol. The van der Waals surface area contributed by atoms with Gasteiger partial charge in [-0.15, -0.1) is 0 Å². The summed E-state index contributed by atoms with van der Waals surface area (Å²) in [6, 6.07) is 7.25. The zero-order valence-electron chi connectivity index (χ0n) is 9.76. The van der Waals surface area contributed by atoms with Crippen LogP contribution in [0.4, 0.5) is 4.39 Å². The van der Waals surface area contributed by atoms with Crippen molar-refractivity contribution in [1.82, 2.24) is 5.32 Å². The molecule has 1 atom stereocenters. The third-order valence-corrected chi connectivity index (χ3v) is 2.79. The molecule has 15 heavy (non-hydrogen) atoms. The van der Waals surface area contributed by atoms with E-state index in [-0.39, 0.29) is 5.82 Å². The van der Waals surface area contributed by atoms with E-state index in [0.717, 1.165) is 13.0 Å². The largest absolute Gasteiger partial charge is 0.314 e. The molecule has 1 aromatic rings. The number of hydrogen-bond acceptors (Lipinski definition) is 1. The van der Waals surface area contributed by atoms with Gasteiger partial charge < -0.3 is 5.32 Å². The van der Waals surface area contributed by atoms with Gasteiger partial charge in [-0.1, -0.05) is 26.0 Å². The van der Waals surface area contributed by atoms with Crippen molar-refractivity contribution in [2.45, 2.75) is 33.2 Å². The SMILES string of the molecule is CC(C)[C@@H](C)NCCc1ccc(F)cc1. The Bertz CT molecular complexity index is 279. The molecular formula is C13H20FN. The predicted molar refractivity (Wildman–Crippen MR) is 62.4 cm³/mol. The maximum absolute atomic E-state index is 12.6. The van der Waals surface area contributed by atoms with E-state index in [1.165, 1.54) is 17.7 Å². The van der Waals surface area contributed by atoms with Crippen LogP contribution < -0.4 is 5.32 Å². The molecule has 0 aromatic heterocycles. The van der Waals surface area contributed by atoms with Crippen molar-refractivity contribution < 1.29 is 4.39 Å². The van der Waals surface area contributed by atoms with Gasteiger partial charge in [-0.05, 0) is 43.5 Å². The Morgan fingerprint density at radius 3 is 2.27 bits per heavy atom. The molecule has 0 bridgehead atoms. The second-order valence-corrected chi connectivity index (χ2v) is 4.36. The Morgan fingerprint density at radius 2 is 1.73 bits per heavy atom. The van der Waals surface area contributed by atoms with E-state index < -0.39 is 0 Å². The van der Waals surface area contributed by atoms with Gasteiger partial charge in [0.1, 0.15) is 5.82 Å². The third-order valence-electron chi connectivity index (χ3n) is 2.79. The van der Waals surface area contributed by atoms with Gasteiger partial charge in [-0.3, -0.25) is 0 Å².